The first-order chi connectivity index (χ1) is 10.4. The van der Waals surface area contributed by atoms with Gasteiger partial charge < -0.3 is 4.90 Å². The Balaban J connectivity index is 1.66. The van der Waals surface area contributed by atoms with E-state index in [4.69, 9.17) is 0 Å². The molecule has 0 spiro atoms. The van der Waals surface area contributed by atoms with Gasteiger partial charge in [-0.25, -0.2) is 17.7 Å². The highest BCUT2D eigenvalue weighted by Crippen LogP contribution is 2.33. The third-order valence-corrected chi connectivity index (χ3v) is 7.09. The lowest BCUT2D eigenvalue weighted by Crippen LogP contribution is -2.46. The molecule has 1 saturated heterocycles. The quantitative estimate of drug-likeness (QED) is 0.839. The molecule has 0 N–H and O–H groups in total. The van der Waals surface area contributed by atoms with Gasteiger partial charge in [0.1, 0.15) is 5.82 Å². The molecule has 3 rings (SSSR count). The fourth-order valence-electron chi connectivity index (χ4n) is 3.07. The van der Waals surface area contributed by atoms with E-state index in [0.717, 1.165) is 56.0 Å². The Kier molecular flexibility index (Phi) is 4.11. The van der Waals surface area contributed by atoms with E-state index in [2.05, 4.69) is 14.9 Å². The minimum absolute atomic E-state index is 0.111. The number of nitrogens with zero attached hydrogens (tertiary/aromatic N) is 4. The van der Waals surface area contributed by atoms with E-state index >= 15 is 0 Å². The molecule has 122 valence electrons. The summed E-state index contributed by atoms with van der Waals surface area (Å²) in [5.41, 5.74) is 1.85. The van der Waals surface area contributed by atoms with Gasteiger partial charge in [-0.2, -0.15) is 0 Å². The molecule has 2 heterocycles. The van der Waals surface area contributed by atoms with Crippen molar-refractivity contribution in [1.29, 1.82) is 0 Å². The molecular formula is C15H24N4O2S. The van der Waals surface area contributed by atoms with Crippen molar-refractivity contribution in [2.45, 2.75) is 50.8 Å². The van der Waals surface area contributed by atoms with Crippen molar-refractivity contribution in [3.05, 3.63) is 17.6 Å². The predicted molar refractivity (Wildman–Crippen MR) is 86.4 cm³/mol. The third-order valence-electron chi connectivity index (χ3n) is 4.68. The van der Waals surface area contributed by atoms with Gasteiger partial charge in [0.25, 0.3) is 0 Å². The molecule has 0 bridgehead atoms. The zero-order valence-corrected chi connectivity index (χ0v) is 14.3. The fourth-order valence-corrected chi connectivity index (χ4v) is 4.90. The van der Waals surface area contributed by atoms with Crippen molar-refractivity contribution in [2.24, 2.45) is 0 Å². The topological polar surface area (TPSA) is 66.4 Å². The Morgan fingerprint density at radius 3 is 2.41 bits per heavy atom. The van der Waals surface area contributed by atoms with Crippen LogP contribution in [-0.4, -0.2) is 54.1 Å². The molecule has 1 saturated carbocycles. The summed E-state index contributed by atoms with van der Waals surface area (Å²) in [5.74, 6) is 0.936. The number of hydrogen-bond acceptors (Lipinski definition) is 5. The minimum atomic E-state index is -3.08. The van der Waals surface area contributed by atoms with Crippen LogP contribution >= 0.6 is 0 Å². The summed E-state index contributed by atoms with van der Waals surface area (Å²) in [6, 6.07) is 0.111. The number of rotatable bonds is 4. The van der Waals surface area contributed by atoms with Crippen LogP contribution in [0.4, 0.5) is 5.82 Å². The molecular weight excluding hydrogens is 300 g/mol. The molecule has 1 aliphatic carbocycles. The van der Waals surface area contributed by atoms with Crippen LogP contribution in [-0.2, 0) is 10.0 Å². The third kappa shape index (κ3) is 2.96. The van der Waals surface area contributed by atoms with Gasteiger partial charge in [-0.1, -0.05) is 0 Å². The maximum absolute atomic E-state index is 12.3. The minimum Gasteiger partial charge on any atom is -0.355 e. The van der Waals surface area contributed by atoms with Crippen molar-refractivity contribution in [3.63, 3.8) is 0 Å². The van der Waals surface area contributed by atoms with Crippen LogP contribution in [0, 0.1) is 13.8 Å². The summed E-state index contributed by atoms with van der Waals surface area (Å²) in [5, 5.41) is -0.125. The number of aromatic nitrogens is 2. The number of aryl methyl sites for hydroxylation is 2. The number of hydrogen-bond donors (Lipinski definition) is 0. The van der Waals surface area contributed by atoms with E-state index in [-0.39, 0.29) is 11.3 Å². The second kappa shape index (κ2) is 5.77. The molecule has 0 unspecified atom stereocenters. The van der Waals surface area contributed by atoms with Crippen molar-refractivity contribution < 1.29 is 8.42 Å². The Morgan fingerprint density at radius 1 is 1.18 bits per heavy atom. The summed E-state index contributed by atoms with van der Waals surface area (Å²) in [4.78, 5) is 11.2. The van der Waals surface area contributed by atoms with Crippen LogP contribution in [0.3, 0.4) is 0 Å². The Bertz CT molecular complexity index is 650. The van der Waals surface area contributed by atoms with Crippen LogP contribution < -0.4 is 4.90 Å². The van der Waals surface area contributed by atoms with E-state index in [1.54, 1.807) is 17.5 Å². The van der Waals surface area contributed by atoms with Gasteiger partial charge in [-0.3, -0.25) is 4.98 Å². The SMILES string of the molecule is Cc1cnc(C)c(N2CCC(N(C)S(=O)(=O)C3CC3)CC2)n1. The molecule has 0 amide bonds. The lowest BCUT2D eigenvalue weighted by atomic mass is 10.1. The van der Waals surface area contributed by atoms with Gasteiger partial charge in [0.05, 0.1) is 16.6 Å². The number of anilines is 1. The molecule has 1 aromatic rings. The van der Waals surface area contributed by atoms with Crippen molar-refractivity contribution >= 4 is 15.8 Å². The first-order valence-electron chi connectivity index (χ1n) is 7.91. The summed E-state index contributed by atoms with van der Waals surface area (Å²) < 4.78 is 26.3. The van der Waals surface area contributed by atoms with Gasteiger partial charge in [0.15, 0.2) is 0 Å². The fraction of sp³-hybridized carbons (Fsp3) is 0.733. The first kappa shape index (κ1) is 15.7. The van der Waals surface area contributed by atoms with Gasteiger partial charge >= 0.3 is 0 Å². The molecule has 0 aromatic carbocycles. The summed E-state index contributed by atoms with van der Waals surface area (Å²) >= 11 is 0. The van der Waals surface area contributed by atoms with Crippen molar-refractivity contribution in [3.8, 4) is 0 Å². The Hall–Kier alpha value is -1.21. The largest absolute Gasteiger partial charge is 0.355 e. The van der Waals surface area contributed by atoms with E-state index in [0.29, 0.717) is 0 Å². The smallest absolute Gasteiger partial charge is 0.216 e. The molecule has 2 fully saturated rings. The summed E-state index contributed by atoms with van der Waals surface area (Å²) in [6.45, 7) is 5.57. The average molecular weight is 324 g/mol. The van der Waals surface area contributed by atoms with Crippen LogP contribution in [0.1, 0.15) is 37.1 Å². The van der Waals surface area contributed by atoms with Crippen LogP contribution in [0.25, 0.3) is 0 Å². The molecule has 0 atom stereocenters. The van der Waals surface area contributed by atoms with Crippen LogP contribution in [0.15, 0.2) is 6.20 Å². The van der Waals surface area contributed by atoms with E-state index in [1.807, 2.05) is 13.8 Å². The van der Waals surface area contributed by atoms with Gasteiger partial charge in [-0.15, -0.1) is 0 Å². The monoisotopic (exact) mass is 324 g/mol. The highest BCUT2D eigenvalue weighted by atomic mass is 32.2. The Morgan fingerprint density at radius 2 is 1.82 bits per heavy atom. The second-order valence-corrected chi connectivity index (χ2v) is 8.67. The molecule has 6 nitrogen and oxygen atoms in total. The standard InChI is InChI=1S/C15H24N4O2S/c1-11-10-16-12(2)15(17-11)19-8-6-13(7-9-19)18(3)22(20,21)14-4-5-14/h10,13-14H,4-9H2,1-3H3. The van der Waals surface area contributed by atoms with E-state index in [1.165, 1.54) is 0 Å². The zero-order valence-electron chi connectivity index (χ0n) is 13.5. The zero-order chi connectivity index (χ0) is 15.9. The van der Waals surface area contributed by atoms with Crippen molar-refractivity contribution in [1.82, 2.24) is 14.3 Å². The molecule has 1 aliphatic heterocycles. The number of sulfonamides is 1. The lowest BCUT2D eigenvalue weighted by molar-refractivity contribution is 0.311. The van der Waals surface area contributed by atoms with Crippen LogP contribution in [0.2, 0.25) is 0 Å². The van der Waals surface area contributed by atoms with Gasteiger partial charge in [-0.05, 0) is 39.5 Å². The number of piperidine rings is 1. The predicted octanol–water partition coefficient (Wildman–Crippen LogP) is 1.49. The molecule has 22 heavy (non-hydrogen) atoms. The maximum Gasteiger partial charge on any atom is 0.216 e. The summed E-state index contributed by atoms with van der Waals surface area (Å²) in [6.07, 6.45) is 5.11. The van der Waals surface area contributed by atoms with Gasteiger partial charge in [0.2, 0.25) is 10.0 Å². The first-order valence-corrected chi connectivity index (χ1v) is 9.42. The molecule has 2 aliphatic rings. The van der Waals surface area contributed by atoms with Crippen molar-refractivity contribution in [2.75, 3.05) is 25.0 Å². The van der Waals surface area contributed by atoms with E-state index < -0.39 is 10.0 Å². The maximum atomic E-state index is 12.3. The summed E-state index contributed by atoms with van der Waals surface area (Å²) in [7, 11) is -1.33. The van der Waals surface area contributed by atoms with E-state index in [9.17, 15) is 8.42 Å². The second-order valence-electron chi connectivity index (χ2n) is 6.40. The normalized spacial score (nSPS) is 20.6. The highest BCUT2D eigenvalue weighted by molar-refractivity contribution is 7.90. The molecule has 7 heteroatoms. The van der Waals surface area contributed by atoms with Gasteiger partial charge in [0, 0.05) is 32.4 Å². The highest BCUT2D eigenvalue weighted by Gasteiger charge is 2.41. The lowest BCUT2D eigenvalue weighted by Gasteiger charge is -2.37. The van der Waals surface area contributed by atoms with Crippen LogP contribution in [0.5, 0.6) is 0 Å². The average Bonchev–Trinajstić information content (AvgIpc) is 3.34. The Labute approximate surface area is 132 Å². The molecule has 0 radical (unpaired) electrons. The molecule has 1 aromatic heterocycles.